The number of amides is 1. The molecule has 7 heteroatoms. The Hall–Kier alpha value is -1.96. The van der Waals surface area contributed by atoms with Crippen molar-refractivity contribution in [1.82, 2.24) is 14.4 Å². The summed E-state index contributed by atoms with van der Waals surface area (Å²) in [6.07, 6.45) is 5.67. The summed E-state index contributed by atoms with van der Waals surface area (Å²) in [7, 11) is 3.55. The van der Waals surface area contributed by atoms with E-state index < -0.39 is 0 Å². The van der Waals surface area contributed by atoms with E-state index in [0.717, 1.165) is 38.3 Å². The minimum atomic E-state index is -0.359. The minimum absolute atomic E-state index is 0.0122. The number of rotatable bonds is 5. The van der Waals surface area contributed by atoms with Crippen LogP contribution >= 0.6 is 0 Å². The summed E-state index contributed by atoms with van der Waals surface area (Å²) in [5.41, 5.74) is 1.66. The fraction of sp³-hybridized carbons (Fsp3) is 0.652. The largest absolute Gasteiger partial charge is 0.396 e. The maximum Gasteiger partial charge on any atom is 0.258 e. The van der Waals surface area contributed by atoms with Crippen LogP contribution in [0.15, 0.2) is 23.0 Å². The smallest absolute Gasteiger partial charge is 0.258 e. The first-order chi connectivity index (χ1) is 14.5. The molecule has 0 spiro atoms. The van der Waals surface area contributed by atoms with Crippen molar-refractivity contribution in [2.75, 3.05) is 40.5 Å². The van der Waals surface area contributed by atoms with E-state index in [1.165, 1.54) is 0 Å². The molecule has 164 valence electrons. The minimum Gasteiger partial charge on any atom is -0.396 e. The van der Waals surface area contributed by atoms with E-state index >= 15 is 0 Å². The number of allylic oxidation sites excluding steroid dienone is 1. The highest BCUT2D eigenvalue weighted by molar-refractivity contribution is 5.82. The standard InChI is InChI=1S/C23H33N3O4/c1-4-5-16-6-7-19-20-17(13-25(19)22(16)28)18(14-27)21(23(29)24(2)3)26(20)12-15-8-10-30-11-9-15/h4-7,15,17-18,20-21,27H,8-14H2,1-3H3/b5-4-/t17-,18-,20+,21-/m1/s1. The van der Waals surface area contributed by atoms with E-state index in [2.05, 4.69) is 4.90 Å². The lowest BCUT2D eigenvalue weighted by atomic mass is 9.88. The molecule has 0 aliphatic carbocycles. The molecule has 2 saturated heterocycles. The molecule has 4 atom stereocenters. The highest BCUT2D eigenvalue weighted by Crippen LogP contribution is 2.50. The number of likely N-dealkylation sites (N-methyl/N-ethyl adjacent to an activating group) is 1. The number of nitrogens with zero attached hydrogens (tertiary/aromatic N) is 3. The van der Waals surface area contributed by atoms with Crippen LogP contribution < -0.4 is 5.56 Å². The molecule has 7 nitrogen and oxygen atoms in total. The lowest BCUT2D eigenvalue weighted by Crippen LogP contribution is -2.49. The van der Waals surface area contributed by atoms with Gasteiger partial charge in [-0.25, -0.2) is 0 Å². The maximum atomic E-state index is 13.2. The molecule has 1 aromatic heterocycles. The summed E-state index contributed by atoms with van der Waals surface area (Å²) in [5.74, 6) is 0.360. The van der Waals surface area contributed by atoms with Gasteiger partial charge in [0.15, 0.2) is 0 Å². The fourth-order valence-electron chi connectivity index (χ4n) is 5.61. The van der Waals surface area contributed by atoms with Gasteiger partial charge in [0.1, 0.15) is 0 Å². The second-order valence-corrected chi connectivity index (χ2v) is 9.01. The van der Waals surface area contributed by atoms with Crippen LogP contribution in [-0.2, 0) is 16.1 Å². The molecule has 1 aromatic rings. The van der Waals surface area contributed by atoms with Crippen molar-refractivity contribution < 1.29 is 14.6 Å². The summed E-state index contributed by atoms with van der Waals surface area (Å²) in [5, 5.41) is 10.3. The molecule has 4 heterocycles. The SMILES string of the molecule is C/C=C\c1ccc2n(c1=O)C[C@@H]1[C@@H](CO)[C@H](C(=O)N(C)C)N(CC3CCOCC3)[C@H]21. The first-order valence-electron chi connectivity index (χ1n) is 11.0. The molecule has 30 heavy (non-hydrogen) atoms. The van der Waals surface area contributed by atoms with Gasteiger partial charge in [-0.15, -0.1) is 0 Å². The topological polar surface area (TPSA) is 75.0 Å². The molecule has 3 aliphatic heterocycles. The van der Waals surface area contributed by atoms with Gasteiger partial charge < -0.3 is 19.3 Å². The van der Waals surface area contributed by atoms with Gasteiger partial charge in [-0.05, 0) is 37.8 Å². The van der Waals surface area contributed by atoms with Crippen molar-refractivity contribution in [3.63, 3.8) is 0 Å². The second-order valence-electron chi connectivity index (χ2n) is 9.01. The van der Waals surface area contributed by atoms with E-state index in [1.807, 2.05) is 35.8 Å². The molecule has 0 radical (unpaired) electrons. The van der Waals surface area contributed by atoms with E-state index in [4.69, 9.17) is 4.74 Å². The maximum absolute atomic E-state index is 13.2. The van der Waals surface area contributed by atoms with Gasteiger partial charge in [0.25, 0.3) is 5.56 Å². The average Bonchev–Trinajstić information content (AvgIpc) is 3.26. The zero-order valence-electron chi connectivity index (χ0n) is 18.2. The average molecular weight is 416 g/mol. The number of aliphatic hydroxyl groups is 1. The van der Waals surface area contributed by atoms with Gasteiger partial charge in [-0.1, -0.05) is 12.2 Å². The van der Waals surface area contributed by atoms with Crippen LogP contribution in [0.4, 0.5) is 0 Å². The van der Waals surface area contributed by atoms with Gasteiger partial charge in [-0.3, -0.25) is 14.5 Å². The summed E-state index contributed by atoms with van der Waals surface area (Å²) < 4.78 is 7.39. The van der Waals surface area contributed by atoms with E-state index in [-0.39, 0.29) is 42.0 Å². The van der Waals surface area contributed by atoms with E-state index in [0.29, 0.717) is 18.0 Å². The summed E-state index contributed by atoms with van der Waals surface area (Å²) in [4.78, 5) is 30.1. The second kappa shape index (κ2) is 8.65. The highest BCUT2D eigenvalue weighted by Gasteiger charge is 2.56. The van der Waals surface area contributed by atoms with E-state index in [1.54, 1.807) is 19.0 Å². The summed E-state index contributed by atoms with van der Waals surface area (Å²) in [6, 6.07) is 3.54. The van der Waals surface area contributed by atoms with Gasteiger partial charge in [-0.2, -0.15) is 0 Å². The predicted octanol–water partition coefficient (Wildman–Crippen LogP) is 1.36. The Morgan fingerprint density at radius 3 is 2.67 bits per heavy atom. The number of carbonyl (C=O) groups excluding carboxylic acids is 1. The molecule has 0 unspecified atom stereocenters. The number of pyridine rings is 1. The molecule has 0 saturated carbocycles. The van der Waals surface area contributed by atoms with Crippen LogP contribution in [0.2, 0.25) is 0 Å². The Morgan fingerprint density at radius 1 is 1.30 bits per heavy atom. The van der Waals surface area contributed by atoms with Crippen molar-refractivity contribution in [1.29, 1.82) is 0 Å². The van der Waals surface area contributed by atoms with Gasteiger partial charge in [0.2, 0.25) is 5.91 Å². The van der Waals surface area contributed by atoms with Gasteiger partial charge in [0.05, 0.1) is 12.1 Å². The zero-order valence-corrected chi connectivity index (χ0v) is 18.2. The molecule has 1 amide bonds. The van der Waals surface area contributed by atoms with Crippen molar-refractivity contribution in [2.45, 2.75) is 38.4 Å². The number of aliphatic hydroxyl groups excluding tert-OH is 1. The number of ether oxygens (including phenoxy) is 1. The molecule has 2 fully saturated rings. The van der Waals surface area contributed by atoms with Crippen LogP contribution in [0.3, 0.4) is 0 Å². The van der Waals surface area contributed by atoms with Crippen molar-refractivity contribution in [3.8, 4) is 0 Å². The van der Waals surface area contributed by atoms with Crippen LogP contribution in [0, 0.1) is 17.8 Å². The number of fused-ring (bicyclic) bond motifs is 3. The molecule has 1 N–H and O–H groups in total. The lowest BCUT2D eigenvalue weighted by molar-refractivity contribution is -0.136. The Balaban J connectivity index is 1.75. The Labute approximate surface area is 177 Å². The zero-order chi connectivity index (χ0) is 21.4. The quantitative estimate of drug-likeness (QED) is 0.786. The van der Waals surface area contributed by atoms with E-state index in [9.17, 15) is 14.7 Å². The number of carbonyl (C=O) groups is 1. The Kier molecular flexibility index (Phi) is 6.14. The Morgan fingerprint density at radius 2 is 2.03 bits per heavy atom. The molecule has 4 rings (SSSR count). The third-order valence-corrected chi connectivity index (χ3v) is 7.07. The number of hydrogen-bond acceptors (Lipinski definition) is 5. The predicted molar refractivity (Wildman–Crippen MR) is 115 cm³/mol. The van der Waals surface area contributed by atoms with Gasteiger partial charge in [0, 0.05) is 70.1 Å². The van der Waals surface area contributed by atoms with Gasteiger partial charge >= 0.3 is 0 Å². The number of hydrogen-bond donors (Lipinski definition) is 1. The highest BCUT2D eigenvalue weighted by atomic mass is 16.5. The normalized spacial score (nSPS) is 29.3. The first-order valence-corrected chi connectivity index (χ1v) is 11.0. The van der Waals surface area contributed by atoms with Crippen LogP contribution in [-0.4, -0.2) is 71.9 Å². The van der Waals surface area contributed by atoms with Crippen LogP contribution in [0.25, 0.3) is 6.08 Å². The third-order valence-electron chi connectivity index (χ3n) is 7.07. The Bertz CT molecular complexity index is 872. The first kappa shape index (κ1) is 21.3. The van der Waals surface area contributed by atoms with Crippen molar-refractivity contribution in [2.24, 2.45) is 17.8 Å². The number of aromatic nitrogens is 1. The monoisotopic (exact) mass is 415 g/mol. The lowest BCUT2D eigenvalue weighted by Gasteiger charge is -2.35. The van der Waals surface area contributed by atoms with Crippen LogP contribution in [0.5, 0.6) is 0 Å². The summed E-state index contributed by atoms with van der Waals surface area (Å²) in [6.45, 7) is 4.70. The third kappa shape index (κ3) is 3.53. The van der Waals surface area contributed by atoms with Crippen molar-refractivity contribution in [3.05, 3.63) is 39.8 Å². The molecular formula is C23H33N3O4. The number of likely N-dealkylation sites (tertiary alicyclic amines) is 1. The fourth-order valence-corrected chi connectivity index (χ4v) is 5.61. The van der Waals surface area contributed by atoms with Crippen molar-refractivity contribution >= 4 is 12.0 Å². The summed E-state index contributed by atoms with van der Waals surface area (Å²) >= 11 is 0. The van der Waals surface area contributed by atoms with Crippen LogP contribution in [0.1, 0.15) is 37.1 Å². The molecule has 3 aliphatic rings. The molecule has 0 bridgehead atoms. The molecule has 0 aromatic carbocycles. The molecular weight excluding hydrogens is 382 g/mol.